The van der Waals surface area contributed by atoms with Crippen LogP contribution < -0.4 is 14.2 Å². The Morgan fingerprint density at radius 3 is 2.32 bits per heavy atom. The van der Waals surface area contributed by atoms with Crippen LogP contribution in [0.15, 0.2) is 42.2 Å². The minimum Gasteiger partial charge on any atom is -0.490 e. The summed E-state index contributed by atoms with van der Waals surface area (Å²) < 4.78 is 52.3. The van der Waals surface area contributed by atoms with E-state index < -0.39 is 11.8 Å². The van der Waals surface area contributed by atoms with E-state index in [-0.39, 0.29) is 24.9 Å². The highest BCUT2D eigenvalue weighted by atomic mass is 19.1. The molecule has 2 rings (SSSR count). The Kier molecular flexibility index (Phi) is 14.7. The van der Waals surface area contributed by atoms with Crippen LogP contribution in [0.4, 0.5) is 4.39 Å². The summed E-state index contributed by atoms with van der Waals surface area (Å²) in [4.78, 5) is 12.2. The Labute approximate surface area is 224 Å². The Bertz CT molecular complexity index is 1010. The quantitative estimate of drug-likeness (QED) is 0.0761. The number of esters is 1. The molecule has 0 aromatic heterocycles. The van der Waals surface area contributed by atoms with Gasteiger partial charge in [0.05, 0.1) is 39.6 Å². The number of hydrogen-bond donors (Lipinski definition) is 0. The van der Waals surface area contributed by atoms with Crippen LogP contribution in [0.25, 0.3) is 6.08 Å². The fourth-order valence-electron chi connectivity index (χ4n) is 3.24. The molecule has 0 heterocycles. The van der Waals surface area contributed by atoms with Crippen LogP contribution in [0, 0.1) is 5.82 Å². The van der Waals surface area contributed by atoms with E-state index in [4.69, 9.17) is 33.2 Å². The van der Waals surface area contributed by atoms with Gasteiger partial charge in [0.25, 0.3) is 0 Å². The van der Waals surface area contributed by atoms with E-state index in [1.54, 1.807) is 57.4 Å². The summed E-state index contributed by atoms with van der Waals surface area (Å²) in [5.41, 5.74) is 1.48. The number of halogens is 1. The lowest BCUT2D eigenvalue weighted by molar-refractivity contribution is -0.142. The standard InChI is InChI=1S/C29H39FO8/c1-5-8-14-36-27-19-23(20-28(34-6-2)29(31)35-7-3)10-12-26(27)37-15-13-22-9-11-25(24(30)18-22)38-21-33-17-16-32-4/h9-12,18-20H,5-8,13-17,21H2,1-4H3/b28-20-. The zero-order valence-corrected chi connectivity index (χ0v) is 22.8. The van der Waals surface area contributed by atoms with Crippen molar-refractivity contribution >= 4 is 12.0 Å². The molecule has 0 aliphatic heterocycles. The molecule has 38 heavy (non-hydrogen) atoms. The molecule has 0 amide bonds. The Hall–Kier alpha value is -3.30. The van der Waals surface area contributed by atoms with Gasteiger partial charge in [-0.3, -0.25) is 0 Å². The number of ether oxygens (including phenoxy) is 7. The molecule has 2 aromatic rings. The lowest BCUT2D eigenvalue weighted by Gasteiger charge is -2.14. The number of carbonyl (C=O) groups is 1. The fourth-order valence-corrected chi connectivity index (χ4v) is 3.24. The van der Waals surface area contributed by atoms with Gasteiger partial charge < -0.3 is 33.2 Å². The van der Waals surface area contributed by atoms with E-state index in [9.17, 15) is 9.18 Å². The predicted molar refractivity (Wildman–Crippen MR) is 142 cm³/mol. The van der Waals surface area contributed by atoms with Gasteiger partial charge in [0.1, 0.15) is 0 Å². The van der Waals surface area contributed by atoms with Crippen LogP contribution >= 0.6 is 0 Å². The maximum absolute atomic E-state index is 14.4. The Morgan fingerprint density at radius 1 is 0.842 bits per heavy atom. The zero-order valence-electron chi connectivity index (χ0n) is 22.8. The first-order valence-electron chi connectivity index (χ1n) is 12.9. The molecule has 2 aromatic carbocycles. The van der Waals surface area contributed by atoms with Gasteiger partial charge in [0, 0.05) is 13.5 Å². The third-order valence-electron chi connectivity index (χ3n) is 5.17. The summed E-state index contributed by atoms with van der Waals surface area (Å²) in [5.74, 6) is 0.362. The summed E-state index contributed by atoms with van der Waals surface area (Å²) in [6.45, 7) is 7.80. The van der Waals surface area contributed by atoms with E-state index in [1.165, 1.54) is 6.07 Å². The second kappa shape index (κ2) is 18.0. The first kappa shape index (κ1) is 30.9. The van der Waals surface area contributed by atoms with Crippen LogP contribution in [0.2, 0.25) is 0 Å². The molecule has 0 atom stereocenters. The zero-order chi connectivity index (χ0) is 27.6. The first-order valence-corrected chi connectivity index (χ1v) is 12.9. The minimum atomic E-state index is -0.523. The maximum Gasteiger partial charge on any atom is 0.373 e. The molecular weight excluding hydrogens is 495 g/mol. The maximum atomic E-state index is 14.4. The third-order valence-corrected chi connectivity index (χ3v) is 5.17. The smallest absolute Gasteiger partial charge is 0.373 e. The van der Waals surface area contributed by atoms with Crippen LogP contribution in [-0.2, 0) is 30.2 Å². The third kappa shape index (κ3) is 11.0. The van der Waals surface area contributed by atoms with Crippen molar-refractivity contribution in [1.29, 1.82) is 0 Å². The molecule has 0 unspecified atom stereocenters. The fraction of sp³-hybridized carbons (Fsp3) is 0.483. The monoisotopic (exact) mass is 534 g/mol. The average molecular weight is 535 g/mol. The number of benzene rings is 2. The number of carbonyl (C=O) groups excluding carboxylic acids is 1. The number of hydrogen-bond acceptors (Lipinski definition) is 8. The summed E-state index contributed by atoms with van der Waals surface area (Å²) in [5, 5.41) is 0. The molecule has 0 N–H and O–H groups in total. The first-order chi connectivity index (χ1) is 18.5. The number of methoxy groups -OCH3 is 1. The van der Waals surface area contributed by atoms with Crippen LogP contribution in [0.1, 0.15) is 44.7 Å². The van der Waals surface area contributed by atoms with Crippen molar-refractivity contribution in [2.75, 3.05) is 53.5 Å². The summed E-state index contributed by atoms with van der Waals surface area (Å²) >= 11 is 0. The van der Waals surface area contributed by atoms with Crippen molar-refractivity contribution in [3.05, 3.63) is 59.1 Å². The van der Waals surface area contributed by atoms with Gasteiger partial charge in [-0.05, 0) is 61.7 Å². The molecule has 8 nitrogen and oxygen atoms in total. The van der Waals surface area contributed by atoms with Gasteiger partial charge in [-0.15, -0.1) is 0 Å². The molecule has 0 radical (unpaired) electrons. The molecule has 0 spiro atoms. The van der Waals surface area contributed by atoms with Gasteiger partial charge in [-0.25, -0.2) is 9.18 Å². The van der Waals surface area contributed by atoms with Gasteiger partial charge in [0.15, 0.2) is 29.9 Å². The lowest BCUT2D eigenvalue weighted by Crippen LogP contribution is -2.10. The molecule has 0 fully saturated rings. The molecule has 9 heteroatoms. The molecular formula is C29H39FO8. The largest absolute Gasteiger partial charge is 0.490 e. The van der Waals surface area contributed by atoms with Gasteiger partial charge >= 0.3 is 5.97 Å². The van der Waals surface area contributed by atoms with Gasteiger partial charge in [0.2, 0.25) is 5.76 Å². The minimum absolute atomic E-state index is 0.0550. The van der Waals surface area contributed by atoms with E-state index in [0.717, 1.165) is 18.4 Å². The van der Waals surface area contributed by atoms with Crippen molar-refractivity contribution in [3.63, 3.8) is 0 Å². The second-order valence-electron chi connectivity index (χ2n) is 8.10. The number of rotatable bonds is 19. The average Bonchev–Trinajstić information content (AvgIpc) is 2.90. The summed E-state index contributed by atoms with van der Waals surface area (Å²) in [6, 6.07) is 10.2. The lowest BCUT2D eigenvalue weighted by atomic mass is 10.1. The Morgan fingerprint density at radius 2 is 1.61 bits per heavy atom. The van der Waals surface area contributed by atoms with E-state index in [2.05, 4.69) is 6.92 Å². The summed E-state index contributed by atoms with van der Waals surface area (Å²) in [7, 11) is 1.58. The number of unbranched alkanes of at least 4 members (excludes halogenated alkanes) is 1. The second-order valence-corrected chi connectivity index (χ2v) is 8.10. The van der Waals surface area contributed by atoms with Crippen molar-refractivity contribution in [1.82, 2.24) is 0 Å². The molecule has 0 saturated heterocycles. The molecule has 0 bridgehead atoms. The molecule has 0 aliphatic rings. The van der Waals surface area contributed by atoms with Crippen molar-refractivity contribution in [2.24, 2.45) is 0 Å². The Balaban J connectivity index is 2.05. The summed E-state index contributed by atoms with van der Waals surface area (Å²) in [6.07, 6.45) is 3.97. The molecule has 0 aliphatic carbocycles. The van der Waals surface area contributed by atoms with Gasteiger partial charge in [-0.2, -0.15) is 0 Å². The predicted octanol–water partition coefficient (Wildman–Crippen LogP) is 5.57. The SMILES string of the molecule is CCCCOc1cc(/C=C(\OCC)C(=O)OCC)ccc1OCCc1ccc(OCOCCOC)c(F)c1. The van der Waals surface area contributed by atoms with Crippen LogP contribution in [-0.4, -0.2) is 59.5 Å². The highest BCUT2D eigenvalue weighted by molar-refractivity contribution is 5.91. The van der Waals surface area contributed by atoms with E-state index in [0.29, 0.717) is 56.5 Å². The van der Waals surface area contributed by atoms with E-state index in [1.807, 2.05) is 0 Å². The highest BCUT2D eigenvalue weighted by Crippen LogP contribution is 2.30. The molecule has 0 saturated carbocycles. The normalized spacial score (nSPS) is 11.2. The highest BCUT2D eigenvalue weighted by Gasteiger charge is 2.14. The van der Waals surface area contributed by atoms with Crippen LogP contribution in [0.5, 0.6) is 17.2 Å². The molecule has 210 valence electrons. The topological polar surface area (TPSA) is 81.7 Å². The van der Waals surface area contributed by atoms with Crippen molar-refractivity contribution in [3.8, 4) is 17.2 Å². The van der Waals surface area contributed by atoms with E-state index >= 15 is 0 Å². The van der Waals surface area contributed by atoms with Crippen LogP contribution in [0.3, 0.4) is 0 Å². The van der Waals surface area contributed by atoms with Gasteiger partial charge in [-0.1, -0.05) is 25.5 Å². The van der Waals surface area contributed by atoms with Crippen molar-refractivity contribution < 1.29 is 42.3 Å². The van der Waals surface area contributed by atoms with Crippen molar-refractivity contribution in [2.45, 2.75) is 40.0 Å².